The van der Waals surface area contributed by atoms with Crippen molar-refractivity contribution in [2.45, 2.75) is 0 Å². The van der Waals surface area contributed by atoms with E-state index in [4.69, 9.17) is 0 Å². The van der Waals surface area contributed by atoms with E-state index < -0.39 is 0 Å². The molecule has 2 aromatic heterocycles. The second-order valence-electron chi connectivity index (χ2n) is 12.6. The highest BCUT2D eigenvalue weighted by atomic mass is 15.0. The normalized spacial score (nSPS) is 11.8. The minimum Gasteiger partial charge on any atom is -0.307 e. The Kier molecular flexibility index (Phi) is 5.91. The summed E-state index contributed by atoms with van der Waals surface area (Å²) >= 11 is 0. The molecule has 48 heavy (non-hydrogen) atoms. The van der Waals surface area contributed by atoms with Crippen LogP contribution in [0.25, 0.3) is 88.0 Å². The average Bonchev–Trinajstić information content (AvgIpc) is 3.68. The van der Waals surface area contributed by atoms with Crippen molar-refractivity contribution in [3.63, 3.8) is 0 Å². The Bertz CT molecular complexity index is 2820. The molecule has 0 atom stereocenters. The molecular formula is C46H30N2. The summed E-state index contributed by atoms with van der Waals surface area (Å²) in [5.41, 5.74) is 12.0. The molecule has 2 heterocycles. The zero-order valence-electron chi connectivity index (χ0n) is 26.2. The van der Waals surface area contributed by atoms with Crippen LogP contribution in [0, 0.1) is 0 Å². The van der Waals surface area contributed by atoms with Crippen molar-refractivity contribution < 1.29 is 0 Å². The molecule has 0 aliphatic carbocycles. The molecule has 0 spiro atoms. The summed E-state index contributed by atoms with van der Waals surface area (Å²) in [6, 6.07) is 66.3. The summed E-state index contributed by atoms with van der Waals surface area (Å²) in [7, 11) is 0. The number of hydrogen-bond donors (Lipinski definition) is 0. The second-order valence-corrected chi connectivity index (χ2v) is 12.6. The average molecular weight is 611 g/mol. The molecule has 0 saturated carbocycles. The van der Waals surface area contributed by atoms with Crippen molar-refractivity contribution >= 4 is 54.4 Å². The lowest BCUT2D eigenvalue weighted by Crippen LogP contribution is -1.99. The van der Waals surface area contributed by atoms with Gasteiger partial charge in [0.1, 0.15) is 0 Å². The van der Waals surface area contributed by atoms with E-state index in [-0.39, 0.29) is 0 Å². The molecule has 0 aliphatic heterocycles. The van der Waals surface area contributed by atoms with Crippen LogP contribution in [0.2, 0.25) is 0 Å². The Labute approximate surface area is 278 Å². The predicted octanol–water partition coefficient (Wildman–Crippen LogP) is 12.4. The molecule has 10 aromatic rings. The minimum absolute atomic E-state index is 1.14. The fourth-order valence-electron chi connectivity index (χ4n) is 7.67. The molecule has 0 N–H and O–H groups in total. The summed E-state index contributed by atoms with van der Waals surface area (Å²) < 4.78 is 4.95. The van der Waals surface area contributed by atoms with Gasteiger partial charge in [0.15, 0.2) is 0 Å². The van der Waals surface area contributed by atoms with Gasteiger partial charge in [0.25, 0.3) is 0 Å². The van der Waals surface area contributed by atoms with Gasteiger partial charge in [0, 0.05) is 32.9 Å². The zero-order valence-corrected chi connectivity index (χ0v) is 26.2. The molecule has 2 heteroatoms. The van der Waals surface area contributed by atoms with Crippen molar-refractivity contribution in [3.8, 4) is 33.6 Å². The summed E-state index contributed by atoms with van der Waals surface area (Å²) in [5.74, 6) is 0. The lowest BCUT2D eigenvalue weighted by molar-refractivity contribution is 1.15. The lowest BCUT2D eigenvalue weighted by Gasteiger charge is -2.14. The molecule has 0 amide bonds. The third-order valence-electron chi connectivity index (χ3n) is 9.87. The van der Waals surface area contributed by atoms with Crippen molar-refractivity contribution in [1.82, 2.24) is 9.13 Å². The van der Waals surface area contributed by atoms with Gasteiger partial charge in [0.05, 0.1) is 22.1 Å². The molecule has 0 unspecified atom stereocenters. The second kappa shape index (κ2) is 10.6. The Morgan fingerprint density at radius 1 is 0.271 bits per heavy atom. The Balaban J connectivity index is 1.34. The Morgan fingerprint density at radius 3 is 1.62 bits per heavy atom. The van der Waals surface area contributed by atoms with E-state index in [0.29, 0.717) is 0 Å². The van der Waals surface area contributed by atoms with E-state index in [1.54, 1.807) is 0 Å². The van der Waals surface area contributed by atoms with Gasteiger partial charge >= 0.3 is 0 Å². The highest BCUT2D eigenvalue weighted by Crippen LogP contribution is 2.43. The van der Waals surface area contributed by atoms with E-state index in [1.807, 2.05) is 0 Å². The molecule has 0 saturated heterocycles. The molecule has 10 rings (SSSR count). The van der Waals surface area contributed by atoms with Gasteiger partial charge in [0.2, 0.25) is 0 Å². The van der Waals surface area contributed by atoms with Crippen LogP contribution in [0.15, 0.2) is 182 Å². The van der Waals surface area contributed by atoms with Gasteiger partial charge in [-0.15, -0.1) is 0 Å². The number of benzene rings is 8. The number of hydrogen-bond acceptors (Lipinski definition) is 0. The predicted molar refractivity (Wildman–Crippen MR) is 203 cm³/mol. The maximum absolute atomic E-state index is 2.50. The van der Waals surface area contributed by atoms with Gasteiger partial charge < -0.3 is 9.13 Å². The van der Waals surface area contributed by atoms with E-state index >= 15 is 0 Å². The summed E-state index contributed by atoms with van der Waals surface area (Å²) in [6.07, 6.45) is 0. The van der Waals surface area contributed by atoms with E-state index in [1.165, 1.54) is 76.6 Å². The van der Waals surface area contributed by atoms with Crippen LogP contribution in [0.1, 0.15) is 0 Å². The Hall–Kier alpha value is -6.38. The van der Waals surface area contributed by atoms with E-state index in [2.05, 4.69) is 191 Å². The number of nitrogens with zero attached hydrogens (tertiary/aromatic N) is 2. The quantitative estimate of drug-likeness (QED) is 0.188. The summed E-state index contributed by atoms with van der Waals surface area (Å²) in [5, 5.41) is 7.49. The first-order valence-corrected chi connectivity index (χ1v) is 16.5. The molecule has 0 radical (unpaired) electrons. The molecule has 224 valence electrons. The molecule has 2 nitrogen and oxygen atoms in total. The monoisotopic (exact) mass is 610 g/mol. The van der Waals surface area contributed by atoms with Crippen LogP contribution in [0.5, 0.6) is 0 Å². The smallest absolute Gasteiger partial charge is 0.0788 e. The first kappa shape index (κ1) is 26.8. The molecule has 8 aromatic carbocycles. The fourth-order valence-corrected chi connectivity index (χ4v) is 7.67. The first-order valence-electron chi connectivity index (χ1n) is 16.5. The molecular weight excluding hydrogens is 581 g/mol. The zero-order chi connectivity index (χ0) is 31.6. The third kappa shape index (κ3) is 4.06. The van der Waals surface area contributed by atoms with Crippen molar-refractivity contribution in [2.75, 3.05) is 0 Å². The number of aromatic nitrogens is 2. The standard InChI is InChI=1S/C46H30N2/c1-3-12-31(13-4-1)36-24-25-40-42-27-26-41-39-20-9-10-21-43(39)47(37-17-5-2-6-18-37)45(41)46(42)48(44(40)30-36)38-19-11-16-34(29-38)35-23-22-32-14-7-8-15-33(32)28-35/h1-30H. The van der Waals surface area contributed by atoms with E-state index in [0.717, 1.165) is 11.4 Å². The number of para-hydroxylation sites is 2. The van der Waals surface area contributed by atoms with Crippen LogP contribution >= 0.6 is 0 Å². The minimum atomic E-state index is 1.14. The van der Waals surface area contributed by atoms with Crippen LogP contribution in [0.3, 0.4) is 0 Å². The highest BCUT2D eigenvalue weighted by Gasteiger charge is 2.21. The summed E-state index contributed by atoms with van der Waals surface area (Å²) in [6.45, 7) is 0. The topological polar surface area (TPSA) is 9.86 Å². The maximum Gasteiger partial charge on any atom is 0.0788 e. The molecule has 0 fully saturated rings. The van der Waals surface area contributed by atoms with Gasteiger partial charge in [-0.3, -0.25) is 0 Å². The molecule has 0 bridgehead atoms. The first-order chi connectivity index (χ1) is 23.8. The number of fused-ring (bicyclic) bond motifs is 8. The van der Waals surface area contributed by atoms with Crippen LogP contribution in [0.4, 0.5) is 0 Å². The largest absolute Gasteiger partial charge is 0.307 e. The van der Waals surface area contributed by atoms with Crippen molar-refractivity contribution in [3.05, 3.63) is 182 Å². The van der Waals surface area contributed by atoms with Gasteiger partial charge in [-0.2, -0.15) is 0 Å². The third-order valence-corrected chi connectivity index (χ3v) is 9.87. The highest BCUT2D eigenvalue weighted by molar-refractivity contribution is 6.24. The molecule has 0 aliphatic rings. The van der Waals surface area contributed by atoms with Gasteiger partial charge in [-0.05, 0) is 75.5 Å². The maximum atomic E-state index is 2.50. The van der Waals surface area contributed by atoms with Crippen molar-refractivity contribution in [2.24, 2.45) is 0 Å². The summed E-state index contributed by atoms with van der Waals surface area (Å²) in [4.78, 5) is 0. The lowest BCUT2D eigenvalue weighted by atomic mass is 10.0. The Morgan fingerprint density at radius 2 is 0.812 bits per heavy atom. The van der Waals surface area contributed by atoms with Crippen LogP contribution < -0.4 is 0 Å². The SMILES string of the molecule is c1ccc(-c2ccc3c4ccc5c6ccccc6n(-c6ccccc6)c5c4n(-c4cccc(-c5ccc6ccccc6c5)c4)c3c2)cc1. The van der Waals surface area contributed by atoms with Crippen LogP contribution in [-0.4, -0.2) is 9.13 Å². The fraction of sp³-hybridized carbons (Fsp3) is 0. The van der Waals surface area contributed by atoms with Crippen LogP contribution in [-0.2, 0) is 0 Å². The van der Waals surface area contributed by atoms with Gasteiger partial charge in [-0.25, -0.2) is 0 Å². The number of rotatable bonds is 4. The van der Waals surface area contributed by atoms with Crippen molar-refractivity contribution in [1.29, 1.82) is 0 Å². The van der Waals surface area contributed by atoms with E-state index in [9.17, 15) is 0 Å². The van der Waals surface area contributed by atoms with Gasteiger partial charge in [-0.1, -0.05) is 140 Å².